The van der Waals surface area contributed by atoms with Crippen molar-refractivity contribution in [3.8, 4) is 0 Å². The first kappa shape index (κ1) is 20.0. The van der Waals surface area contributed by atoms with Gasteiger partial charge in [-0.1, -0.05) is 40.8 Å². The van der Waals surface area contributed by atoms with Crippen LogP contribution >= 0.6 is 23.1 Å². The molecule has 0 fully saturated rings. The Hall–Kier alpha value is -2.79. The second-order valence-corrected chi connectivity index (χ2v) is 8.14. The molecule has 146 valence electrons. The zero-order valence-electron chi connectivity index (χ0n) is 15.6. The highest BCUT2D eigenvalue weighted by Gasteiger charge is 2.15. The summed E-state index contributed by atoms with van der Waals surface area (Å²) in [5, 5.41) is 23.1. The average Bonchev–Trinajstić information content (AvgIpc) is 3.21. The van der Waals surface area contributed by atoms with Gasteiger partial charge in [0.2, 0.25) is 16.9 Å². The molecule has 0 radical (unpaired) electrons. The molecule has 2 aromatic heterocycles. The van der Waals surface area contributed by atoms with Gasteiger partial charge in [0.1, 0.15) is 10.8 Å². The number of anilines is 2. The van der Waals surface area contributed by atoms with E-state index in [4.69, 9.17) is 0 Å². The second kappa shape index (κ2) is 8.93. The van der Waals surface area contributed by atoms with Crippen molar-refractivity contribution in [3.63, 3.8) is 0 Å². The lowest BCUT2D eigenvalue weighted by Gasteiger charge is -2.06. The number of hydrogen-bond donors (Lipinski definition) is 2. The van der Waals surface area contributed by atoms with Crippen molar-refractivity contribution in [2.75, 3.05) is 16.4 Å². The second-order valence-electron chi connectivity index (χ2n) is 6.01. The van der Waals surface area contributed by atoms with E-state index in [1.54, 1.807) is 11.6 Å². The monoisotopic (exact) mass is 417 g/mol. The molecule has 0 atom stereocenters. The van der Waals surface area contributed by atoms with Crippen molar-refractivity contribution < 1.29 is 9.59 Å². The maximum absolute atomic E-state index is 12.2. The number of amides is 2. The number of aromatic nitrogens is 5. The Kier molecular flexibility index (Phi) is 6.37. The van der Waals surface area contributed by atoms with Crippen molar-refractivity contribution in [2.24, 2.45) is 7.05 Å². The van der Waals surface area contributed by atoms with Crippen LogP contribution in [0.2, 0.25) is 0 Å². The van der Waals surface area contributed by atoms with Crippen LogP contribution in [0, 0.1) is 13.8 Å². The lowest BCUT2D eigenvalue weighted by Crippen LogP contribution is -2.17. The molecule has 1 aromatic carbocycles. The fourth-order valence-corrected chi connectivity index (χ4v) is 3.58. The summed E-state index contributed by atoms with van der Waals surface area (Å²) in [6, 6.07) is 7.56. The van der Waals surface area contributed by atoms with Crippen LogP contribution in [-0.4, -0.2) is 42.5 Å². The van der Waals surface area contributed by atoms with E-state index in [0.29, 0.717) is 16.1 Å². The molecule has 2 amide bonds. The molecule has 11 heteroatoms. The van der Waals surface area contributed by atoms with Gasteiger partial charge in [0.05, 0.1) is 12.2 Å². The molecule has 0 aliphatic rings. The van der Waals surface area contributed by atoms with Crippen LogP contribution in [0.4, 0.5) is 10.8 Å². The quantitative estimate of drug-likeness (QED) is 0.566. The van der Waals surface area contributed by atoms with Gasteiger partial charge in [-0.2, -0.15) is 0 Å². The summed E-state index contributed by atoms with van der Waals surface area (Å²) in [4.78, 5) is 24.2. The predicted molar refractivity (Wildman–Crippen MR) is 109 cm³/mol. The number of rotatable bonds is 7. The van der Waals surface area contributed by atoms with Crippen LogP contribution < -0.4 is 10.6 Å². The minimum Gasteiger partial charge on any atom is -0.326 e. The van der Waals surface area contributed by atoms with Crippen LogP contribution in [0.3, 0.4) is 0 Å². The van der Waals surface area contributed by atoms with E-state index >= 15 is 0 Å². The molecule has 28 heavy (non-hydrogen) atoms. The Morgan fingerprint density at radius 2 is 1.79 bits per heavy atom. The van der Waals surface area contributed by atoms with Crippen LogP contribution in [0.5, 0.6) is 0 Å². The van der Waals surface area contributed by atoms with E-state index in [9.17, 15) is 9.59 Å². The zero-order valence-corrected chi connectivity index (χ0v) is 17.2. The molecule has 3 rings (SSSR count). The van der Waals surface area contributed by atoms with E-state index < -0.39 is 0 Å². The zero-order chi connectivity index (χ0) is 20.1. The molecular formula is C17H19N7O2S2. The molecule has 2 heterocycles. The maximum Gasteiger partial charge on any atom is 0.236 e. The maximum atomic E-state index is 12.2. The van der Waals surface area contributed by atoms with Gasteiger partial charge >= 0.3 is 0 Å². The third-order valence-electron chi connectivity index (χ3n) is 3.68. The molecule has 0 aliphatic heterocycles. The molecule has 0 spiro atoms. The van der Waals surface area contributed by atoms with Crippen molar-refractivity contribution >= 4 is 45.7 Å². The summed E-state index contributed by atoms with van der Waals surface area (Å²) in [5.41, 5.74) is 1.86. The number of benzene rings is 1. The number of nitrogens with zero attached hydrogens (tertiary/aromatic N) is 5. The third kappa shape index (κ3) is 5.36. The smallest absolute Gasteiger partial charge is 0.236 e. The Labute approximate surface area is 170 Å². The van der Waals surface area contributed by atoms with Gasteiger partial charge in [0.15, 0.2) is 5.16 Å². The third-order valence-corrected chi connectivity index (χ3v) is 5.46. The first-order chi connectivity index (χ1) is 13.4. The topological polar surface area (TPSA) is 115 Å². The van der Waals surface area contributed by atoms with E-state index in [0.717, 1.165) is 16.3 Å². The first-order valence-electron chi connectivity index (χ1n) is 8.38. The van der Waals surface area contributed by atoms with E-state index in [1.165, 1.54) is 23.1 Å². The lowest BCUT2D eigenvalue weighted by molar-refractivity contribution is -0.116. The van der Waals surface area contributed by atoms with Gasteiger partial charge in [-0.05, 0) is 26.0 Å². The summed E-state index contributed by atoms with van der Waals surface area (Å²) in [7, 11) is 1.77. The van der Waals surface area contributed by atoms with Gasteiger partial charge < -0.3 is 9.88 Å². The highest BCUT2D eigenvalue weighted by molar-refractivity contribution is 7.99. The Morgan fingerprint density at radius 1 is 1.04 bits per heavy atom. The number of nitrogens with one attached hydrogen (secondary N) is 2. The number of carbonyl (C=O) groups excluding carboxylic acids is 2. The number of aryl methyl sites for hydroxylation is 2. The first-order valence-corrected chi connectivity index (χ1v) is 10.2. The molecule has 0 bridgehead atoms. The minimum absolute atomic E-state index is 0.0915. The van der Waals surface area contributed by atoms with Crippen LogP contribution in [0.15, 0.2) is 29.4 Å². The number of hydrogen-bond acceptors (Lipinski definition) is 8. The molecule has 0 aliphatic carbocycles. The van der Waals surface area contributed by atoms with Crippen molar-refractivity contribution in [1.82, 2.24) is 25.0 Å². The normalized spacial score (nSPS) is 10.7. The van der Waals surface area contributed by atoms with Crippen LogP contribution in [0.1, 0.15) is 16.4 Å². The van der Waals surface area contributed by atoms with Gasteiger partial charge in [0, 0.05) is 12.7 Å². The number of carbonyl (C=O) groups is 2. The Morgan fingerprint density at radius 3 is 2.46 bits per heavy atom. The van der Waals surface area contributed by atoms with Gasteiger partial charge in [-0.25, -0.2) is 0 Å². The van der Waals surface area contributed by atoms with Gasteiger partial charge in [0.25, 0.3) is 0 Å². The summed E-state index contributed by atoms with van der Waals surface area (Å²) in [6.45, 7) is 3.80. The highest BCUT2D eigenvalue weighted by atomic mass is 32.2. The number of thioether (sulfide) groups is 1. The van der Waals surface area contributed by atoms with Gasteiger partial charge in [-0.3, -0.25) is 14.9 Å². The van der Waals surface area contributed by atoms with Crippen LogP contribution in [0.25, 0.3) is 0 Å². The summed E-state index contributed by atoms with van der Waals surface area (Å²) >= 11 is 2.55. The van der Waals surface area contributed by atoms with Crippen molar-refractivity contribution in [2.45, 2.75) is 25.4 Å². The SMILES string of the molecule is Cc1ccc(NC(=O)Cc2nnc(SCC(=O)Nc3nnc(C)s3)n2C)cc1. The minimum atomic E-state index is -0.206. The summed E-state index contributed by atoms with van der Waals surface area (Å²) < 4.78 is 1.71. The summed E-state index contributed by atoms with van der Waals surface area (Å²) in [5.74, 6) is 0.288. The molecule has 0 saturated carbocycles. The van der Waals surface area contributed by atoms with Crippen LogP contribution in [-0.2, 0) is 23.1 Å². The molecule has 9 nitrogen and oxygen atoms in total. The largest absolute Gasteiger partial charge is 0.326 e. The summed E-state index contributed by atoms with van der Waals surface area (Å²) in [6.07, 6.45) is 0.0915. The van der Waals surface area contributed by atoms with Crippen molar-refractivity contribution in [1.29, 1.82) is 0 Å². The molecule has 2 N–H and O–H groups in total. The van der Waals surface area contributed by atoms with Gasteiger partial charge in [-0.15, -0.1) is 20.4 Å². The highest BCUT2D eigenvalue weighted by Crippen LogP contribution is 2.18. The predicted octanol–water partition coefficient (Wildman–Crippen LogP) is 2.20. The van der Waals surface area contributed by atoms with E-state index in [2.05, 4.69) is 31.0 Å². The van der Waals surface area contributed by atoms with E-state index in [-0.39, 0.29) is 24.0 Å². The average molecular weight is 418 g/mol. The Bertz CT molecular complexity index is 982. The molecule has 0 unspecified atom stereocenters. The molecule has 0 saturated heterocycles. The lowest BCUT2D eigenvalue weighted by atomic mass is 10.2. The fraction of sp³-hybridized carbons (Fsp3) is 0.294. The van der Waals surface area contributed by atoms with E-state index in [1.807, 2.05) is 38.1 Å². The molecule has 3 aromatic rings. The molecular weight excluding hydrogens is 398 g/mol. The fourth-order valence-electron chi connectivity index (χ4n) is 2.24. The Balaban J connectivity index is 1.52. The van der Waals surface area contributed by atoms with Crippen molar-refractivity contribution in [3.05, 3.63) is 40.7 Å². The standard InChI is InChI=1S/C17H19N7O2S2/c1-10-4-6-12(7-5-10)18-14(25)8-13-21-23-17(24(13)3)27-9-15(26)19-16-22-20-11(2)28-16/h4-7H,8-9H2,1-3H3,(H,18,25)(H,19,22,26).